The van der Waals surface area contributed by atoms with Gasteiger partial charge >= 0.3 is 5.97 Å². The van der Waals surface area contributed by atoms with Gasteiger partial charge in [0, 0.05) is 28.1 Å². The molecule has 3 aromatic rings. The van der Waals surface area contributed by atoms with Crippen molar-refractivity contribution in [2.75, 3.05) is 13.7 Å². The molecule has 3 aromatic carbocycles. The number of aryl methyl sites for hydroxylation is 1. The summed E-state index contributed by atoms with van der Waals surface area (Å²) in [6.45, 7) is 0.420. The van der Waals surface area contributed by atoms with Crippen molar-refractivity contribution in [2.24, 2.45) is 11.8 Å². The summed E-state index contributed by atoms with van der Waals surface area (Å²) >= 11 is 12.6. The lowest BCUT2D eigenvalue weighted by Gasteiger charge is -2.43. The summed E-state index contributed by atoms with van der Waals surface area (Å²) in [5.41, 5.74) is 2.11. The van der Waals surface area contributed by atoms with Gasteiger partial charge in [0.15, 0.2) is 9.84 Å². The number of likely N-dealkylation sites (tertiary alicyclic amines) is 1. The van der Waals surface area contributed by atoms with Crippen LogP contribution in [-0.4, -0.2) is 44.9 Å². The Morgan fingerprint density at radius 1 is 0.956 bits per heavy atom. The number of hydrogen-bond acceptors (Lipinski definition) is 6. The zero-order chi connectivity index (χ0) is 31.9. The summed E-state index contributed by atoms with van der Waals surface area (Å²) in [7, 11) is -2.72. The molecule has 7 nitrogen and oxygen atoms in total. The van der Waals surface area contributed by atoms with Crippen LogP contribution < -0.4 is 4.74 Å². The number of benzene rings is 3. The third kappa shape index (κ3) is 5.61. The topological polar surface area (TPSA) is 90.0 Å². The van der Waals surface area contributed by atoms with Crippen LogP contribution in [0.4, 0.5) is 4.39 Å². The quantitative estimate of drug-likeness (QED) is 0.200. The molecule has 238 valence electrons. The third-order valence-electron chi connectivity index (χ3n) is 9.80. The van der Waals surface area contributed by atoms with Gasteiger partial charge in [0.2, 0.25) is 5.91 Å². The highest BCUT2D eigenvalue weighted by Gasteiger charge is 2.61. The normalized spacial score (nSPS) is 24.4. The molecular formula is C34H34Cl2FNO6S. The van der Waals surface area contributed by atoms with Crippen molar-refractivity contribution >= 4 is 44.9 Å². The summed E-state index contributed by atoms with van der Waals surface area (Å²) in [6, 6.07) is 14.9. The van der Waals surface area contributed by atoms with Crippen molar-refractivity contribution in [1.29, 1.82) is 0 Å². The first-order chi connectivity index (χ1) is 21.6. The molecule has 0 unspecified atom stereocenters. The Bertz CT molecular complexity index is 1700. The van der Waals surface area contributed by atoms with Crippen molar-refractivity contribution in [3.05, 3.63) is 93.2 Å². The number of fused-ring (bicyclic) bond motifs is 3. The van der Waals surface area contributed by atoms with E-state index in [1.807, 2.05) is 6.07 Å². The maximum Gasteiger partial charge on any atom is 0.308 e. The molecule has 3 aliphatic rings. The van der Waals surface area contributed by atoms with Crippen LogP contribution in [0.2, 0.25) is 10.0 Å². The van der Waals surface area contributed by atoms with Gasteiger partial charge in [-0.3, -0.25) is 9.59 Å². The van der Waals surface area contributed by atoms with Gasteiger partial charge in [-0.15, -0.1) is 0 Å². The van der Waals surface area contributed by atoms with Crippen LogP contribution in [0.15, 0.2) is 65.6 Å². The number of methoxy groups -OCH3 is 1. The monoisotopic (exact) mass is 673 g/mol. The van der Waals surface area contributed by atoms with Gasteiger partial charge in [-0.2, -0.15) is 0 Å². The van der Waals surface area contributed by atoms with Crippen LogP contribution in [0.1, 0.15) is 55.2 Å². The summed E-state index contributed by atoms with van der Waals surface area (Å²) in [4.78, 5) is 27.8. The van der Waals surface area contributed by atoms with Gasteiger partial charge in [0.1, 0.15) is 22.9 Å². The maximum absolute atomic E-state index is 14.7. The number of amides is 1. The molecule has 1 saturated heterocycles. The predicted molar refractivity (Wildman–Crippen MR) is 168 cm³/mol. The smallest absolute Gasteiger partial charge is 0.308 e. The van der Waals surface area contributed by atoms with Gasteiger partial charge in [-0.05, 0) is 105 Å². The van der Waals surface area contributed by atoms with E-state index in [4.69, 9.17) is 32.7 Å². The first-order valence-corrected chi connectivity index (χ1v) is 17.4. The standard InChI is InChI=1S/C34H34Cl2FNO6S/c1-43-33(40)22-7-5-21(6-8-22)32(39)38-18-17-34(45(41,42)26-13-10-24(37)11-14-26)28-15-12-25(19-23(28)9-16-31(34)38)44-20-27-29(35)3-2-4-30(27)36/h2-4,10-15,19,21-22,31H,5-9,16-18,20H2,1H3/t21-,22-,31-,34-/m1/s1. The molecule has 1 aliphatic heterocycles. The van der Waals surface area contributed by atoms with Crippen LogP contribution in [0.25, 0.3) is 0 Å². The zero-order valence-corrected chi connectivity index (χ0v) is 27.1. The number of carbonyl (C=O) groups is 2. The second-order valence-electron chi connectivity index (χ2n) is 12.1. The highest BCUT2D eigenvalue weighted by molar-refractivity contribution is 7.92. The third-order valence-corrected chi connectivity index (χ3v) is 13.1. The zero-order valence-electron chi connectivity index (χ0n) is 24.8. The van der Waals surface area contributed by atoms with Gasteiger partial charge in [0.25, 0.3) is 0 Å². The summed E-state index contributed by atoms with van der Waals surface area (Å²) in [6.07, 6.45) is 3.42. The number of halogens is 3. The first kappa shape index (κ1) is 31.8. The molecule has 0 spiro atoms. The van der Waals surface area contributed by atoms with Crippen molar-refractivity contribution in [1.82, 2.24) is 4.90 Å². The summed E-state index contributed by atoms with van der Waals surface area (Å²) in [5, 5.41) is 0.976. The number of esters is 1. The van der Waals surface area contributed by atoms with E-state index in [1.165, 1.54) is 19.2 Å². The maximum atomic E-state index is 14.7. The van der Waals surface area contributed by atoms with E-state index in [0.717, 1.165) is 17.7 Å². The van der Waals surface area contributed by atoms with E-state index >= 15 is 0 Å². The minimum atomic E-state index is -4.09. The average molecular weight is 675 g/mol. The molecule has 2 atom stereocenters. The molecule has 0 radical (unpaired) electrons. The van der Waals surface area contributed by atoms with E-state index in [1.54, 1.807) is 35.2 Å². The van der Waals surface area contributed by atoms with Crippen LogP contribution >= 0.6 is 23.2 Å². The van der Waals surface area contributed by atoms with Crippen molar-refractivity contribution in [3.63, 3.8) is 0 Å². The van der Waals surface area contributed by atoms with Gasteiger partial charge < -0.3 is 14.4 Å². The molecule has 2 fully saturated rings. The van der Waals surface area contributed by atoms with E-state index in [2.05, 4.69) is 0 Å². The number of nitrogens with zero attached hydrogens (tertiary/aromatic N) is 1. The van der Waals surface area contributed by atoms with Crippen molar-refractivity contribution in [3.8, 4) is 5.75 Å². The Morgan fingerprint density at radius 3 is 2.29 bits per heavy atom. The van der Waals surface area contributed by atoms with E-state index in [0.29, 0.717) is 65.4 Å². The number of sulfone groups is 1. The second kappa shape index (κ2) is 12.6. The first-order valence-electron chi connectivity index (χ1n) is 15.1. The minimum absolute atomic E-state index is 0.0170. The highest BCUT2D eigenvalue weighted by Crippen LogP contribution is 2.54. The molecule has 11 heteroatoms. The summed E-state index contributed by atoms with van der Waals surface area (Å²) in [5.74, 6) is -0.816. The fourth-order valence-corrected chi connectivity index (χ4v) is 10.4. The SMILES string of the molecule is COC(=O)[C@H]1CC[C@H](C(=O)N2CC[C@@]3(S(=O)(=O)c4ccc(F)cc4)c4ccc(OCc5c(Cl)cccc5Cl)cc4CC[C@@H]23)CC1. The Labute approximate surface area is 272 Å². The van der Waals surface area contributed by atoms with Crippen molar-refractivity contribution in [2.45, 2.75) is 67.2 Å². The van der Waals surface area contributed by atoms with Crippen LogP contribution in [0, 0.1) is 17.7 Å². The van der Waals surface area contributed by atoms with Gasteiger partial charge in [0.05, 0.1) is 24.0 Å². The van der Waals surface area contributed by atoms with E-state index < -0.39 is 26.4 Å². The van der Waals surface area contributed by atoms with Crippen molar-refractivity contribution < 1.29 is 31.9 Å². The Morgan fingerprint density at radius 2 is 1.62 bits per heavy atom. The van der Waals surface area contributed by atoms with Crippen LogP contribution in [0.3, 0.4) is 0 Å². The Hall–Kier alpha value is -3.14. The molecule has 0 bridgehead atoms. The van der Waals surface area contributed by atoms with E-state index in [-0.39, 0.29) is 48.2 Å². The van der Waals surface area contributed by atoms with E-state index in [9.17, 15) is 22.4 Å². The fourth-order valence-electron chi connectivity index (χ4n) is 7.48. The highest BCUT2D eigenvalue weighted by atomic mass is 35.5. The largest absolute Gasteiger partial charge is 0.489 e. The number of hydrogen-bond donors (Lipinski definition) is 0. The lowest BCUT2D eigenvalue weighted by molar-refractivity contribution is -0.149. The molecule has 1 amide bonds. The molecule has 0 N–H and O–H groups in total. The van der Waals surface area contributed by atoms with Crippen LogP contribution in [-0.2, 0) is 41.9 Å². The molecule has 2 aliphatic carbocycles. The lowest BCUT2D eigenvalue weighted by Crippen LogP contribution is -2.53. The fraction of sp³-hybridized carbons (Fsp3) is 0.412. The number of carbonyl (C=O) groups excluding carboxylic acids is 2. The molecular weight excluding hydrogens is 640 g/mol. The second-order valence-corrected chi connectivity index (χ2v) is 15.1. The molecule has 0 aromatic heterocycles. The number of rotatable bonds is 7. The molecule has 1 saturated carbocycles. The van der Waals surface area contributed by atoms with Crippen LogP contribution in [0.5, 0.6) is 5.75 Å². The molecule has 45 heavy (non-hydrogen) atoms. The summed E-state index contributed by atoms with van der Waals surface area (Å²) < 4.78 is 52.7. The molecule has 1 heterocycles. The Kier molecular flexibility index (Phi) is 8.89. The Balaban J connectivity index is 1.33. The lowest BCUT2D eigenvalue weighted by atomic mass is 9.77. The average Bonchev–Trinajstić information content (AvgIpc) is 3.46. The van der Waals surface area contributed by atoms with Gasteiger partial charge in [-0.25, -0.2) is 12.8 Å². The number of ether oxygens (including phenoxy) is 2. The minimum Gasteiger partial charge on any atom is -0.489 e. The predicted octanol–water partition coefficient (Wildman–Crippen LogP) is 6.91. The van der Waals surface area contributed by atoms with Gasteiger partial charge in [-0.1, -0.05) is 35.3 Å². The molecule has 6 rings (SSSR count).